The molecule has 6 N–H and O–H groups in total. The van der Waals surface area contributed by atoms with Crippen molar-refractivity contribution in [2.24, 2.45) is 28.6 Å². The first-order valence-electron chi connectivity index (χ1n) is 18.5. The van der Waals surface area contributed by atoms with E-state index < -0.39 is 89.1 Å². The monoisotopic (exact) mass is 821 g/mol. The maximum atomic E-state index is 17.3. The number of alkyl halides is 1. The lowest BCUT2D eigenvalue weighted by atomic mass is 9.45. The molecule has 4 aliphatic carbocycles. The van der Waals surface area contributed by atoms with Gasteiger partial charge in [-0.15, -0.1) is 0 Å². The number of amides is 1. The first-order valence-corrected chi connectivity index (χ1v) is 18.5. The third-order valence-corrected chi connectivity index (χ3v) is 11.9. The Kier molecular flexibility index (Phi) is 14.2. The minimum atomic E-state index is -2.01. The van der Waals surface area contributed by atoms with Crippen molar-refractivity contribution in [2.75, 3.05) is 33.5 Å². The zero-order chi connectivity index (χ0) is 42.4. The minimum absolute atomic E-state index is 0.0335. The van der Waals surface area contributed by atoms with E-state index in [9.17, 15) is 29.1 Å². The summed E-state index contributed by atoms with van der Waals surface area (Å²) in [4.78, 5) is 71.7. The number of hydrogen-bond donors (Lipinski definition) is 6. The fourth-order valence-electron chi connectivity index (χ4n) is 9.15. The lowest BCUT2D eigenvalue weighted by Crippen LogP contribution is -2.66. The first kappa shape index (κ1) is 44.5. The molecule has 8 atom stereocenters. The number of fused-ring (bicyclic) bond motifs is 5. The molecular formula is C38H48FN3O16. The molecule has 4 unspecified atom stereocenters. The molecular weight excluding hydrogens is 773 g/mol. The van der Waals surface area contributed by atoms with Crippen LogP contribution in [0.5, 0.6) is 11.5 Å². The van der Waals surface area contributed by atoms with E-state index in [4.69, 9.17) is 39.8 Å². The number of ketones is 2. The van der Waals surface area contributed by atoms with Crippen molar-refractivity contribution in [3.8, 4) is 11.5 Å². The number of aliphatic hydroxyl groups excluding tert-OH is 1. The van der Waals surface area contributed by atoms with Crippen LogP contribution >= 0.6 is 0 Å². The lowest BCUT2D eigenvalue weighted by molar-refractivity contribution is -0.527. The van der Waals surface area contributed by atoms with Gasteiger partial charge in [0.15, 0.2) is 28.7 Å². The van der Waals surface area contributed by atoms with Gasteiger partial charge in [-0.3, -0.25) is 35.2 Å². The molecule has 0 aliphatic heterocycles. The third kappa shape index (κ3) is 9.62. The molecule has 0 heterocycles. The zero-order valence-electron chi connectivity index (χ0n) is 32.1. The van der Waals surface area contributed by atoms with Crippen molar-refractivity contribution in [2.45, 2.75) is 70.2 Å². The Morgan fingerprint density at radius 2 is 1.79 bits per heavy atom. The summed E-state index contributed by atoms with van der Waals surface area (Å²) in [5.74, 6) is -3.54. The number of hydrogen-bond acceptors (Lipinski definition) is 18. The van der Waals surface area contributed by atoms with Gasteiger partial charge in [-0.25, -0.2) is 23.7 Å². The van der Waals surface area contributed by atoms with E-state index in [1.807, 2.05) is 6.92 Å². The van der Waals surface area contributed by atoms with E-state index in [0.717, 1.165) is 6.08 Å². The number of nitrogens with zero attached hydrogens (tertiary/aromatic N) is 2. The highest BCUT2D eigenvalue weighted by Gasteiger charge is 2.70. The van der Waals surface area contributed by atoms with Crippen LogP contribution in [0.25, 0.3) is 6.08 Å². The average Bonchev–Trinajstić information content (AvgIpc) is 3.51. The average molecular weight is 822 g/mol. The number of benzene rings is 1. The number of Topliss-reactive ketones (excluding diaryl/α,β-unsaturated/α-hetero) is 1. The summed E-state index contributed by atoms with van der Waals surface area (Å²) in [6.45, 7) is 1.60. The summed E-state index contributed by atoms with van der Waals surface area (Å²) in [6.07, 6.45) is 5.13. The van der Waals surface area contributed by atoms with Gasteiger partial charge in [0.05, 0.1) is 30.6 Å². The lowest BCUT2D eigenvalue weighted by Gasteiger charge is -2.62. The normalized spacial score (nSPS) is 29.3. The molecule has 318 valence electrons. The summed E-state index contributed by atoms with van der Waals surface area (Å²) >= 11 is 0. The quantitative estimate of drug-likeness (QED) is 0.0749. The highest BCUT2D eigenvalue weighted by Crippen LogP contribution is 2.68. The van der Waals surface area contributed by atoms with Crippen molar-refractivity contribution in [1.29, 1.82) is 0 Å². The SMILES string of the molecule is COc1cc(/C=C/C(=O)OCCC(CON(O)O)ON(O)O)ccc1OC(=O)NCC(=O)OCC(=O)C1CCC2[C@@H]3CCC4=CC(=O)C=C[C@]4(C)C3(F)[C@@H](O)C[C@]12C. The summed E-state index contributed by atoms with van der Waals surface area (Å²) in [7, 11) is 1.31. The molecule has 3 saturated carbocycles. The van der Waals surface area contributed by atoms with Gasteiger partial charge in [0, 0.05) is 29.7 Å². The van der Waals surface area contributed by atoms with Crippen molar-refractivity contribution in [3.05, 3.63) is 53.6 Å². The fourth-order valence-corrected chi connectivity index (χ4v) is 9.15. The number of rotatable bonds is 17. The molecule has 19 nitrogen and oxygen atoms in total. The Balaban J connectivity index is 1.07. The maximum Gasteiger partial charge on any atom is 0.413 e. The van der Waals surface area contributed by atoms with Crippen molar-refractivity contribution >= 4 is 35.7 Å². The van der Waals surface area contributed by atoms with Crippen LogP contribution in [-0.4, -0.2) is 118 Å². The highest BCUT2D eigenvalue weighted by atomic mass is 19.1. The Bertz CT molecular complexity index is 1820. The molecule has 1 aromatic rings. The van der Waals surface area contributed by atoms with Crippen LogP contribution in [0, 0.1) is 28.6 Å². The van der Waals surface area contributed by atoms with Gasteiger partial charge in [0.2, 0.25) is 0 Å². The van der Waals surface area contributed by atoms with Gasteiger partial charge in [0.25, 0.3) is 0 Å². The summed E-state index contributed by atoms with van der Waals surface area (Å²) in [6, 6.07) is 4.28. The number of esters is 2. The molecule has 4 aliphatic rings. The van der Waals surface area contributed by atoms with Gasteiger partial charge in [-0.2, -0.15) is 0 Å². The molecule has 1 aromatic carbocycles. The summed E-state index contributed by atoms with van der Waals surface area (Å²) in [5.41, 5.74) is -2.78. The van der Waals surface area contributed by atoms with E-state index in [-0.39, 0.29) is 48.4 Å². The molecule has 58 heavy (non-hydrogen) atoms. The number of aliphatic hydroxyl groups is 1. The molecule has 3 fully saturated rings. The fraction of sp³-hybridized carbons (Fsp3) is 0.553. The minimum Gasteiger partial charge on any atom is -0.493 e. The van der Waals surface area contributed by atoms with Crippen LogP contribution < -0.4 is 14.8 Å². The highest BCUT2D eigenvalue weighted by molar-refractivity contribution is 6.01. The standard InChI is InChI=1S/C38H48FN3O16/c1-36-18-32(45)38(39)27(7-6-23-17-24(43)12-14-37(23,38)2)26(36)8-9-28(36)29(44)21-55-34(47)19-40-35(48)57-30-10-4-22(16-31(30)53-3)5-11-33(46)54-15-13-25(58-42(51)52)20-56-41(49)50/h4-5,10-12,14,16-17,25-28,32,45,49-52H,6-9,13,15,18-21H2,1-3H3,(H,40,48)/b11-5+/t25?,26?,27-,28?,32-,36-,37-,38?/m0/s1. The Labute approximate surface area is 331 Å². The Hall–Kier alpha value is -4.64. The molecule has 0 radical (unpaired) electrons. The van der Waals surface area contributed by atoms with Gasteiger partial charge in [-0.05, 0) is 86.3 Å². The molecule has 20 heteroatoms. The van der Waals surface area contributed by atoms with E-state index in [1.54, 1.807) is 13.0 Å². The van der Waals surface area contributed by atoms with Gasteiger partial charge in [-0.1, -0.05) is 24.6 Å². The van der Waals surface area contributed by atoms with Crippen molar-refractivity contribution in [3.63, 3.8) is 0 Å². The van der Waals surface area contributed by atoms with Crippen LogP contribution in [0.15, 0.2) is 48.1 Å². The van der Waals surface area contributed by atoms with Gasteiger partial charge in [0.1, 0.15) is 25.9 Å². The molecule has 0 bridgehead atoms. The second-order valence-electron chi connectivity index (χ2n) is 15.1. The second kappa shape index (κ2) is 18.5. The summed E-state index contributed by atoms with van der Waals surface area (Å²) < 4.78 is 38.0. The van der Waals surface area contributed by atoms with Crippen LogP contribution in [-0.2, 0) is 38.3 Å². The number of halogens is 1. The van der Waals surface area contributed by atoms with Crippen LogP contribution in [0.1, 0.15) is 57.9 Å². The smallest absolute Gasteiger partial charge is 0.413 e. The molecule has 0 aromatic heterocycles. The zero-order valence-corrected chi connectivity index (χ0v) is 32.1. The summed E-state index contributed by atoms with van der Waals surface area (Å²) in [5, 5.41) is 47.3. The van der Waals surface area contributed by atoms with Crippen LogP contribution in [0.4, 0.5) is 9.18 Å². The topological polar surface area (TPSA) is 260 Å². The van der Waals surface area contributed by atoms with Crippen molar-refractivity contribution in [1.82, 2.24) is 16.1 Å². The maximum absolute atomic E-state index is 17.3. The molecule has 1 amide bonds. The number of ether oxygens (including phenoxy) is 4. The van der Waals surface area contributed by atoms with Crippen LogP contribution in [0.3, 0.4) is 0 Å². The number of carbonyl (C=O) groups is 5. The Morgan fingerprint density at radius 3 is 2.50 bits per heavy atom. The van der Waals surface area contributed by atoms with E-state index in [0.29, 0.717) is 36.8 Å². The largest absolute Gasteiger partial charge is 0.493 e. The predicted octanol–water partition coefficient (Wildman–Crippen LogP) is 3.22. The van der Waals surface area contributed by atoms with E-state index >= 15 is 4.39 Å². The third-order valence-electron chi connectivity index (χ3n) is 11.9. The van der Waals surface area contributed by atoms with Crippen LogP contribution in [0.2, 0.25) is 0 Å². The number of methoxy groups -OCH3 is 1. The van der Waals surface area contributed by atoms with E-state index in [2.05, 4.69) is 15.0 Å². The first-order chi connectivity index (χ1) is 27.4. The van der Waals surface area contributed by atoms with Gasteiger partial charge >= 0.3 is 18.0 Å². The van der Waals surface area contributed by atoms with Gasteiger partial charge < -0.3 is 29.4 Å². The van der Waals surface area contributed by atoms with Crippen molar-refractivity contribution < 1.29 is 82.9 Å². The second-order valence-corrected chi connectivity index (χ2v) is 15.1. The Morgan fingerprint density at radius 1 is 1.03 bits per heavy atom. The molecule has 5 rings (SSSR count). The van der Waals surface area contributed by atoms with E-state index in [1.165, 1.54) is 43.5 Å². The number of nitrogens with one attached hydrogen (secondary N) is 1. The molecule has 0 saturated heterocycles. The predicted molar refractivity (Wildman–Crippen MR) is 191 cm³/mol. The number of allylic oxidation sites excluding steroid dienone is 4. The molecule has 0 spiro atoms. The number of carbonyl (C=O) groups excluding carboxylic acids is 5.